The first-order valence-electron chi connectivity index (χ1n) is 8.45. The molecule has 1 aromatic carbocycles. The molecule has 1 fully saturated rings. The fraction of sp³-hybridized carbons (Fsp3) is 0.529. The smallest absolute Gasteiger partial charge is 0.193 e. The highest BCUT2D eigenvalue weighted by molar-refractivity contribution is 7.99. The van der Waals surface area contributed by atoms with E-state index >= 15 is 0 Å². The van der Waals surface area contributed by atoms with Crippen LogP contribution in [0.2, 0.25) is 0 Å². The molecule has 128 valence electrons. The van der Waals surface area contributed by atoms with Crippen molar-refractivity contribution >= 4 is 11.8 Å². The Hall–Kier alpha value is -1.41. The van der Waals surface area contributed by atoms with Crippen LogP contribution in [-0.4, -0.2) is 69.8 Å². The van der Waals surface area contributed by atoms with E-state index < -0.39 is 0 Å². The lowest BCUT2D eigenvalue weighted by Crippen LogP contribution is -2.42. The number of ether oxygens (including phenoxy) is 1. The Morgan fingerprint density at radius 3 is 2.79 bits per heavy atom. The summed E-state index contributed by atoms with van der Waals surface area (Å²) in [5, 5.41) is 9.82. The number of benzene rings is 1. The van der Waals surface area contributed by atoms with Crippen molar-refractivity contribution in [2.24, 2.45) is 0 Å². The molecule has 2 aliphatic heterocycles. The van der Waals surface area contributed by atoms with E-state index in [0.717, 1.165) is 68.5 Å². The Morgan fingerprint density at radius 1 is 1.12 bits per heavy atom. The van der Waals surface area contributed by atoms with Crippen molar-refractivity contribution in [1.29, 1.82) is 0 Å². The fourth-order valence-corrected chi connectivity index (χ4v) is 4.06. The zero-order valence-corrected chi connectivity index (χ0v) is 14.8. The summed E-state index contributed by atoms with van der Waals surface area (Å²) in [5.74, 6) is 1.95. The first kappa shape index (κ1) is 16.1. The lowest BCUT2D eigenvalue weighted by molar-refractivity contribution is 0.0325. The summed E-state index contributed by atoms with van der Waals surface area (Å²) in [6.07, 6.45) is 0. The van der Waals surface area contributed by atoms with Gasteiger partial charge >= 0.3 is 0 Å². The minimum atomic E-state index is 0.863. The van der Waals surface area contributed by atoms with Gasteiger partial charge in [0.25, 0.3) is 0 Å². The standard InChI is InChI=1S/C17H23N5OS/c1-14-3-2-4-15(11-14)16-18-19-17-22(16)12-21(13-24-17)6-5-20-7-9-23-10-8-20/h2-4,11H,5-10,12-13H2,1H3. The number of hydrogen-bond donors (Lipinski definition) is 0. The average Bonchev–Trinajstić information content (AvgIpc) is 3.04. The summed E-state index contributed by atoms with van der Waals surface area (Å²) >= 11 is 1.78. The highest BCUT2D eigenvalue weighted by Gasteiger charge is 2.23. The highest BCUT2D eigenvalue weighted by atomic mass is 32.2. The zero-order valence-electron chi connectivity index (χ0n) is 14.0. The van der Waals surface area contributed by atoms with Gasteiger partial charge in [-0.25, -0.2) is 0 Å². The van der Waals surface area contributed by atoms with Crippen molar-refractivity contribution in [3.8, 4) is 11.4 Å². The van der Waals surface area contributed by atoms with Crippen LogP contribution in [0.1, 0.15) is 5.56 Å². The molecule has 0 N–H and O–H groups in total. The Morgan fingerprint density at radius 2 is 1.96 bits per heavy atom. The number of aromatic nitrogens is 3. The van der Waals surface area contributed by atoms with Crippen molar-refractivity contribution < 1.29 is 4.74 Å². The van der Waals surface area contributed by atoms with E-state index in [4.69, 9.17) is 4.74 Å². The average molecular weight is 345 g/mol. The third kappa shape index (κ3) is 3.49. The minimum Gasteiger partial charge on any atom is -0.379 e. The van der Waals surface area contributed by atoms with E-state index in [1.165, 1.54) is 5.56 Å². The first-order valence-corrected chi connectivity index (χ1v) is 9.44. The summed E-state index contributed by atoms with van der Waals surface area (Å²) in [5.41, 5.74) is 2.39. The predicted octanol–water partition coefficient (Wildman–Crippen LogP) is 1.91. The largest absolute Gasteiger partial charge is 0.379 e. The van der Waals surface area contributed by atoms with Crippen molar-refractivity contribution in [3.63, 3.8) is 0 Å². The number of morpholine rings is 1. The molecule has 2 aromatic rings. The minimum absolute atomic E-state index is 0.863. The highest BCUT2D eigenvalue weighted by Crippen LogP contribution is 2.29. The number of hydrogen-bond acceptors (Lipinski definition) is 6. The van der Waals surface area contributed by atoms with E-state index in [1.807, 2.05) is 0 Å². The van der Waals surface area contributed by atoms with Crippen molar-refractivity contribution in [2.45, 2.75) is 18.7 Å². The van der Waals surface area contributed by atoms with Crippen LogP contribution < -0.4 is 0 Å². The molecule has 0 saturated carbocycles. The Kier molecular flexibility index (Phi) is 4.84. The molecule has 0 radical (unpaired) electrons. The zero-order chi connectivity index (χ0) is 16.4. The van der Waals surface area contributed by atoms with E-state index in [9.17, 15) is 0 Å². The van der Waals surface area contributed by atoms with Gasteiger partial charge in [-0.05, 0) is 13.0 Å². The molecule has 1 saturated heterocycles. The maximum atomic E-state index is 5.42. The van der Waals surface area contributed by atoms with E-state index in [2.05, 4.69) is 55.8 Å². The second-order valence-corrected chi connectivity index (χ2v) is 7.28. The van der Waals surface area contributed by atoms with Crippen LogP contribution in [0.5, 0.6) is 0 Å². The molecule has 0 amide bonds. The monoisotopic (exact) mass is 345 g/mol. The topological polar surface area (TPSA) is 46.4 Å². The van der Waals surface area contributed by atoms with Crippen LogP contribution in [0, 0.1) is 6.92 Å². The maximum absolute atomic E-state index is 5.42. The van der Waals surface area contributed by atoms with E-state index in [0.29, 0.717) is 0 Å². The van der Waals surface area contributed by atoms with Gasteiger partial charge in [-0.3, -0.25) is 14.4 Å². The molecule has 3 heterocycles. The molecule has 0 spiro atoms. The number of fused-ring (bicyclic) bond motifs is 1. The fourth-order valence-electron chi connectivity index (χ4n) is 3.15. The second-order valence-electron chi connectivity index (χ2n) is 6.37. The van der Waals surface area contributed by atoms with Gasteiger partial charge in [0, 0.05) is 31.7 Å². The summed E-state index contributed by atoms with van der Waals surface area (Å²) in [4.78, 5) is 4.95. The van der Waals surface area contributed by atoms with E-state index in [-0.39, 0.29) is 0 Å². The number of thioether (sulfide) groups is 1. The first-order chi connectivity index (χ1) is 11.8. The molecule has 24 heavy (non-hydrogen) atoms. The van der Waals surface area contributed by atoms with Gasteiger partial charge in [-0.15, -0.1) is 10.2 Å². The summed E-state index contributed by atoms with van der Waals surface area (Å²) in [6.45, 7) is 8.97. The van der Waals surface area contributed by atoms with Gasteiger partial charge in [0.1, 0.15) is 0 Å². The molecule has 1 aromatic heterocycles. The third-order valence-corrected chi connectivity index (χ3v) is 5.60. The molecular weight excluding hydrogens is 322 g/mol. The maximum Gasteiger partial charge on any atom is 0.193 e. The lowest BCUT2D eigenvalue weighted by atomic mass is 10.1. The molecule has 7 heteroatoms. The molecule has 4 rings (SSSR count). The van der Waals surface area contributed by atoms with Gasteiger partial charge in [0.05, 0.1) is 25.8 Å². The molecule has 0 bridgehead atoms. The third-order valence-electron chi connectivity index (χ3n) is 4.55. The van der Waals surface area contributed by atoms with Crippen LogP contribution in [0.25, 0.3) is 11.4 Å². The van der Waals surface area contributed by atoms with Crippen LogP contribution in [0.15, 0.2) is 29.4 Å². The molecule has 0 aliphatic carbocycles. The molecule has 0 atom stereocenters. The molecule has 2 aliphatic rings. The van der Waals surface area contributed by atoms with Crippen molar-refractivity contribution in [2.75, 3.05) is 45.3 Å². The number of rotatable bonds is 4. The van der Waals surface area contributed by atoms with Crippen LogP contribution in [0.4, 0.5) is 0 Å². The lowest BCUT2D eigenvalue weighted by Gasteiger charge is -2.32. The van der Waals surface area contributed by atoms with Crippen LogP contribution >= 0.6 is 11.8 Å². The molecular formula is C17H23N5OS. The molecule has 0 unspecified atom stereocenters. The Labute approximate surface area is 146 Å². The van der Waals surface area contributed by atoms with Gasteiger partial charge in [0.15, 0.2) is 11.0 Å². The quantitative estimate of drug-likeness (QED) is 0.844. The van der Waals surface area contributed by atoms with Gasteiger partial charge in [0.2, 0.25) is 0 Å². The second kappa shape index (κ2) is 7.23. The summed E-state index contributed by atoms with van der Waals surface area (Å²) < 4.78 is 7.66. The summed E-state index contributed by atoms with van der Waals surface area (Å²) in [7, 11) is 0. The Bertz CT molecular complexity index is 698. The van der Waals surface area contributed by atoms with Crippen molar-refractivity contribution in [3.05, 3.63) is 29.8 Å². The van der Waals surface area contributed by atoms with Gasteiger partial charge in [-0.2, -0.15) is 0 Å². The number of nitrogens with zero attached hydrogens (tertiary/aromatic N) is 5. The predicted molar refractivity (Wildman–Crippen MR) is 94.9 cm³/mol. The van der Waals surface area contributed by atoms with Gasteiger partial charge in [-0.1, -0.05) is 35.5 Å². The Balaban J connectivity index is 1.45. The van der Waals surface area contributed by atoms with Crippen LogP contribution in [0.3, 0.4) is 0 Å². The normalized spacial score (nSPS) is 19.4. The molecule has 6 nitrogen and oxygen atoms in total. The number of aryl methyl sites for hydroxylation is 1. The summed E-state index contributed by atoms with van der Waals surface area (Å²) in [6, 6.07) is 8.48. The van der Waals surface area contributed by atoms with Crippen molar-refractivity contribution in [1.82, 2.24) is 24.6 Å². The SMILES string of the molecule is Cc1cccc(-c2nnc3n2CN(CCN2CCOCC2)CS3)c1. The van der Waals surface area contributed by atoms with E-state index in [1.54, 1.807) is 11.8 Å². The van der Waals surface area contributed by atoms with Gasteiger partial charge < -0.3 is 4.74 Å². The van der Waals surface area contributed by atoms with Crippen LogP contribution in [-0.2, 0) is 11.4 Å².